The molecule has 0 fully saturated rings. The van der Waals surface area contributed by atoms with E-state index >= 15 is 0 Å². The van der Waals surface area contributed by atoms with Crippen LogP contribution >= 0.6 is 11.3 Å². The Balaban J connectivity index is 0.853. The Morgan fingerprint density at radius 1 is 0.313 bits per heavy atom. The monoisotopic (exact) mass is 1070 g/mol. The van der Waals surface area contributed by atoms with Crippen molar-refractivity contribution in [2.24, 2.45) is 0 Å². The number of hydrogen-bond acceptors (Lipinski definition) is 6. The van der Waals surface area contributed by atoms with Gasteiger partial charge in [0.2, 0.25) is 0 Å². The smallest absolute Gasteiger partial charge is 0.252 e. The van der Waals surface area contributed by atoms with Crippen molar-refractivity contribution in [2.45, 2.75) is 0 Å². The average molecular weight is 1080 g/mol. The van der Waals surface area contributed by atoms with Gasteiger partial charge in [-0.3, -0.25) is 0 Å². The van der Waals surface area contributed by atoms with E-state index in [-0.39, 0.29) is 6.71 Å². The number of aromatic nitrogens is 4. The van der Waals surface area contributed by atoms with Crippen LogP contribution in [0.1, 0.15) is 0 Å². The van der Waals surface area contributed by atoms with Gasteiger partial charge in [-0.15, -0.1) is 11.3 Å². The van der Waals surface area contributed by atoms with E-state index in [0.29, 0.717) is 17.5 Å². The maximum absolute atomic E-state index is 5.25. The van der Waals surface area contributed by atoms with Crippen molar-refractivity contribution in [1.29, 1.82) is 0 Å². The summed E-state index contributed by atoms with van der Waals surface area (Å²) >= 11 is 1.88. The molecule has 0 unspecified atom stereocenters. The minimum Gasteiger partial charge on any atom is -0.311 e. The predicted octanol–water partition coefficient (Wildman–Crippen LogP) is 17.8. The minimum absolute atomic E-state index is 0.0625. The molecule has 15 aromatic rings. The third-order valence-corrected chi connectivity index (χ3v) is 18.0. The predicted molar refractivity (Wildman–Crippen MR) is 348 cm³/mol. The first-order valence-electron chi connectivity index (χ1n) is 28.2. The van der Waals surface area contributed by atoms with Gasteiger partial charge in [-0.2, -0.15) is 0 Å². The molecule has 12 aromatic carbocycles. The van der Waals surface area contributed by atoms with E-state index in [4.69, 9.17) is 15.0 Å². The molecule has 0 bridgehead atoms. The Hall–Kier alpha value is -10.7. The van der Waals surface area contributed by atoms with Crippen molar-refractivity contribution >= 4 is 111 Å². The van der Waals surface area contributed by atoms with Crippen LogP contribution in [0, 0.1) is 0 Å². The molecule has 17 rings (SSSR count). The highest BCUT2D eigenvalue weighted by atomic mass is 32.1. The summed E-state index contributed by atoms with van der Waals surface area (Å²) in [6.07, 6.45) is 0. The van der Waals surface area contributed by atoms with Crippen LogP contribution < -0.4 is 26.2 Å². The zero-order valence-electron chi connectivity index (χ0n) is 44.8. The molecule has 2 aliphatic rings. The van der Waals surface area contributed by atoms with Gasteiger partial charge >= 0.3 is 0 Å². The Morgan fingerprint density at radius 2 is 0.831 bits per heavy atom. The Morgan fingerprint density at radius 3 is 1.54 bits per heavy atom. The van der Waals surface area contributed by atoms with Gasteiger partial charge in [0.15, 0.2) is 17.5 Å². The summed E-state index contributed by atoms with van der Waals surface area (Å²) in [5, 5.41) is 5.06. The second kappa shape index (κ2) is 19.0. The highest BCUT2D eigenvalue weighted by Gasteiger charge is 2.43. The van der Waals surface area contributed by atoms with E-state index in [0.717, 1.165) is 67.0 Å². The highest BCUT2D eigenvalue weighted by Crippen LogP contribution is 2.47. The van der Waals surface area contributed by atoms with Crippen molar-refractivity contribution < 1.29 is 0 Å². The molecule has 0 saturated carbocycles. The third-order valence-electron chi connectivity index (χ3n) is 16.8. The zero-order chi connectivity index (χ0) is 54.5. The third kappa shape index (κ3) is 7.53. The fourth-order valence-corrected chi connectivity index (χ4v) is 14.5. The summed E-state index contributed by atoms with van der Waals surface area (Å²) in [7, 11) is 0. The van der Waals surface area contributed by atoms with Crippen molar-refractivity contribution in [2.75, 3.05) is 9.80 Å². The Kier molecular flexibility index (Phi) is 10.8. The van der Waals surface area contributed by atoms with E-state index in [1.54, 1.807) is 0 Å². The lowest BCUT2D eigenvalue weighted by atomic mass is 9.33. The molecule has 0 radical (unpaired) electrons. The standard InChI is InChI=1S/C75H47BN6S/c1-4-21-48(22-5-1)73-77-74(49-23-6-2-7-24-49)79-75(78-73)53-41-43-63(82-62-35-14-10-32-58(62)70-66(82)44-42-57-56-31-11-17-40-69(56)83-72(57)70)59(47-53)52-27-18-25-50(45-52)51-26-19-30-55(46-51)81-65-37-16-13-34-61(65)76-60-33-12-15-36-64(60)80(54-28-8-3-9-29-54)67-38-20-39-68(81)71(67)76/h1-47H. The van der Waals surface area contributed by atoms with Crippen molar-refractivity contribution in [1.82, 2.24) is 19.5 Å². The second-order valence-corrected chi connectivity index (χ2v) is 22.5. The molecule has 0 aliphatic carbocycles. The molecule has 6 nitrogen and oxygen atoms in total. The average Bonchev–Trinajstić information content (AvgIpc) is 4.22. The number of anilines is 6. The van der Waals surface area contributed by atoms with E-state index < -0.39 is 0 Å². The molecule has 2 aliphatic heterocycles. The summed E-state index contributed by atoms with van der Waals surface area (Å²) in [5.74, 6) is 1.85. The summed E-state index contributed by atoms with van der Waals surface area (Å²) in [5.41, 5.74) is 21.3. The molecule has 83 heavy (non-hydrogen) atoms. The van der Waals surface area contributed by atoms with Gasteiger partial charge in [-0.25, -0.2) is 15.0 Å². The van der Waals surface area contributed by atoms with Crippen LogP contribution in [0.4, 0.5) is 34.1 Å². The van der Waals surface area contributed by atoms with Crippen LogP contribution in [0.5, 0.6) is 0 Å². The maximum Gasteiger partial charge on any atom is 0.252 e. The summed E-state index contributed by atoms with van der Waals surface area (Å²) in [4.78, 5) is 20.5. The number of hydrogen-bond donors (Lipinski definition) is 0. The number of rotatable bonds is 8. The molecule has 8 heteroatoms. The van der Waals surface area contributed by atoms with Crippen LogP contribution in [-0.2, 0) is 0 Å². The van der Waals surface area contributed by atoms with Crippen molar-refractivity contribution in [3.8, 4) is 62.1 Å². The van der Waals surface area contributed by atoms with Crippen LogP contribution in [0.15, 0.2) is 285 Å². The molecular weight excluding hydrogens is 1030 g/mol. The minimum atomic E-state index is 0.0625. The lowest BCUT2D eigenvalue weighted by Crippen LogP contribution is -2.61. The van der Waals surface area contributed by atoms with Gasteiger partial charge in [0.05, 0.1) is 16.7 Å². The number of thiophene rings is 1. The fraction of sp³-hybridized carbons (Fsp3) is 0. The zero-order valence-corrected chi connectivity index (χ0v) is 45.6. The lowest BCUT2D eigenvalue weighted by Gasteiger charge is -2.44. The fourth-order valence-electron chi connectivity index (χ4n) is 13.2. The van der Waals surface area contributed by atoms with Crippen molar-refractivity contribution in [3.63, 3.8) is 0 Å². The lowest BCUT2D eigenvalue weighted by molar-refractivity contribution is 1.07. The largest absolute Gasteiger partial charge is 0.311 e. The molecule has 0 atom stereocenters. The molecule has 3 aromatic heterocycles. The van der Waals surface area contributed by atoms with Crippen LogP contribution in [0.3, 0.4) is 0 Å². The molecular formula is C75H47BN6S. The molecule has 0 saturated heterocycles. The van der Waals surface area contributed by atoms with Crippen LogP contribution in [0.2, 0.25) is 0 Å². The van der Waals surface area contributed by atoms with Gasteiger partial charge in [0, 0.05) is 87.3 Å². The van der Waals surface area contributed by atoms with E-state index in [2.05, 4.69) is 263 Å². The summed E-state index contributed by atoms with van der Waals surface area (Å²) in [6, 6.07) is 103. The van der Waals surface area contributed by atoms with E-state index in [9.17, 15) is 0 Å². The van der Waals surface area contributed by atoms with E-state index in [1.165, 1.54) is 70.1 Å². The number of fused-ring (bicyclic) bond motifs is 11. The molecule has 0 spiro atoms. The number of para-hydroxylation sites is 4. The molecule has 0 amide bonds. The molecule has 386 valence electrons. The van der Waals surface area contributed by atoms with Gasteiger partial charge in [-0.05, 0) is 124 Å². The molecule has 5 heterocycles. The van der Waals surface area contributed by atoms with Gasteiger partial charge in [0.1, 0.15) is 0 Å². The number of nitrogens with zero attached hydrogens (tertiary/aromatic N) is 6. The van der Waals surface area contributed by atoms with Gasteiger partial charge in [0.25, 0.3) is 6.71 Å². The maximum atomic E-state index is 5.25. The summed E-state index contributed by atoms with van der Waals surface area (Å²) in [6.45, 7) is 0.0625. The second-order valence-electron chi connectivity index (χ2n) is 21.5. The van der Waals surface area contributed by atoms with Crippen molar-refractivity contribution in [3.05, 3.63) is 285 Å². The van der Waals surface area contributed by atoms with E-state index in [1.807, 2.05) is 47.7 Å². The quantitative estimate of drug-likeness (QED) is 0.142. The Bertz CT molecular complexity index is 5020. The first kappa shape index (κ1) is 47.2. The SMILES string of the molecule is c1ccc(-c2nc(-c3ccccc3)nc(-c3ccc(-n4c5ccccc5c5c6sc7ccccc7c6ccc54)c(-c4cccc(-c5cccc(N6c7ccccc7B7c8ccccc8N(c8ccccc8)c8cccc6c87)c5)c4)c3)n2)cc1. The molecule has 0 N–H and O–H groups in total. The van der Waals surface area contributed by atoms with Crippen LogP contribution in [0.25, 0.3) is 104 Å². The Labute approximate surface area is 484 Å². The van der Waals surface area contributed by atoms with Crippen LogP contribution in [-0.4, -0.2) is 26.2 Å². The topological polar surface area (TPSA) is 50.1 Å². The normalized spacial score (nSPS) is 12.5. The first-order valence-corrected chi connectivity index (χ1v) is 29.0. The van der Waals surface area contributed by atoms with Gasteiger partial charge in [-0.1, -0.05) is 194 Å². The number of benzene rings is 12. The summed E-state index contributed by atoms with van der Waals surface area (Å²) < 4.78 is 5.06. The first-order chi connectivity index (χ1) is 41.2. The van der Waals surface area contributed by atoms with Gasteiger partial charge < -0.3 is 14.4 Å². The highest BCUT2D eigenvalue weighted by molar-refractivity contribution is 7.26.